The number of hydrogen-bond acceptors (Lipinski definition) is 3. The second-order valence-corrected chi connectivity index (χ2v) is 5.81. The predicted molar refractivity (Wildman–Crippen MR) is 77.0 cm³/mol. The smallest absolute Gasteiger partial charge is 0.141 e. The lowest BCUT2D eigenvalue weighted by Gasteiger charge is -2.19. The number of nitrogens with zero attached hydrogens (tertiary/aromatic N) is 3. The average molecular weight is 258 g/mol. The standard InChI is InChI=1S/C15H22N4/c1-15(2,3)13-7-5-12(6-8-13)10-19-14(9-16-4)17-11-18-19/h5-8,11,16H,9-10H2,1-4H3. The maximum Gasteiger partial charge on any atom is 0.141 e. The largest absolute Gasteiger partial charge is 0.313 e. The molecule has 0 fully saturated rings. The summed E-state index contributed by atoms with van der Waals surface area (Å²) in [5, 5.41) is 7.37. The molecule has 0 bridgehead atoms. The van der Waals surface area contributed by atoms with E-state index in [1.54, 1.807) is 6.33 Å². The minimum absolute atomic E-state index is 0.197. The summed E-state index contributed by atoms with van der Waals surface area (Å²) in [6.07, 6.45) is 1.61. The van der Waals surface area contributed by atoms with Crippen molar-refractivity contribution in [3.05, 3.63) is 47.5 Å². The number of hydrogen-bond donors (Lipinski definition) is 1. The van der Waals surface area contributed by atoms with E-state index in [1.807, 2.05) is 11.7 Å². The third kappa shape index (κ3) is 3.41. The first-order valence-corrected chi connectivity index (χ1v) is 6.61. The molecule has 1 aromatic heterocycles. The maximum atomic E-state index is 4.27. The summed E-state index contributed by atoms with van der Waals surface area (Å²) in [6.45, 7) is 8.18. The highest BCUT2D eigenvalue weighted by molar-refractivity contribution is 5.27. The summed E-state index contributed by atoms with van der Waals surface area (Å²) < 4.78 is 1.93. The van der Waals surface area contributed by atoms with E-state index in [2.05, 4.69) is 60.4 Å². The van der Waals surface area contributed by atoms with E-state index in [4.69, 9.17) is 0 Å². The molecule has 4 nitrogen and oxygen atoms in total. The van der Waals surface area contributed by atoms with Gasteiger partial charge in [0, 0.05) is 0 Å². The van der Waals surface area contributed by atoms with Crippen LogP contribution in [0.15, 0.2) is 30.6 Å². The predicted octanol–water partition coefficient (Wildman–Crippen LogP) is 2.34. The minimum atomic E-state index is 0.197. The summed E-state index contributed by atoms with van der Waals surface area (Å²) in [5.41, 5.74) is 2.80. The Morgan fingerprint density at radius 1 is 1.16 bits per heavy atom. The normalized spacial score (nSPS) is 11.8. The van der Waals surface area contributed by atoms with Crippen LogP contribution in [-0.2, 0) is 18.5 Å². The molecule has 1 aromatic carbocycles. The first kappa shape index (κ1) is 13.7. The Hall–Kier alpha value is -1.68. The number of nitrogens with one attached hydrogen (secondary N) is 1. The second kappa shape index (κ2) is 5.53. The van der Waals surface area contributed by atoms with E-state index < -0.39 is 0 Å². The van der Waals surface area contributed by atoms with Gasteiger partial charge in [-0.2, -0.15) is 5.10 Å². The lowest BCUT2D eigenvalue weighted by atomic mass is 9.87. The molecule has 19 heavy (non-hydrogen) atoms. The third-order valence-electron chi connectivity index (χ3n) is 3.18. The molecule has 2 aromatic rings. The van der Waals surface area contributed by atoms with Gasteiger partial charge in [0.2, 0.25) is 0 Å². The molecule has 4 heteroatoms. The molecule has 0 saturated heterocycles. The van der Waals surface area contributed by atoms with Crippen LogP contribution in [0.3, 0.4) is 0 Å². The van der Waals surface area contributed by atoms with Crippen molar-refractivity contribution in [3.63, 3.8) is 0 Å². The van der Waals surface area contributed by atoms with Gasteiger partial charge in [0.15, 0.2) is 0 Å². The monoisotopic (exact) mass is 258 g/mol. The molecular formula is C15H22N4. The fourth-order valence-electron chi connectivity index (χ4n) is 2.00. The average Bonchev–Trinajstić information content (AvgIpc) is 2.77. The Morgan fingerprint density at radius 2 is 1.84 bits per heavy atom. The SMILES string of the molecule is CNCc1ncnn1Cc1ccc(C(C)(C)C)cc1. The maximum absolute atomic E-state index is 4.27. The van der Waals surface area contributed by atoms with Crippen molar-refractivity contribution in [1.29, 1.82) is 0 Å². The van der Waals surface area contributed by atoms with Crippen LogP contribution >= 0.6 is 0 Å². The van der Waals surface area contributed by atoms with Gasteiger partial charge in [-0.1, -0.05) is 45.0 Å². The molecule has 102 valence electrons. The highest BCUT2D eigenvalue weighted by atomic mass is 15.3. The van der Waals surface area contributed by atoms with Gasteiger partial charge in [0.05, 0.1) is 13.1 Å². The van der Waals surface area contributed by atoms with E-state index in [9.17, 15) is 0 Å². The Morgan fingerprint density at radius 3 is 2.42 bits per heavy atom. The Labute approximate surface area is 114 Å². The number of benzene rings is 1. The van der Waals surface area contributed by atoms with Gasteiger partial charge < -0.3 is 5.32 Å². The zero-order valence-electron chi connectivity index (χ0n) is 12.1. The van der Waals surface area contributed by atoms with Crippen molar-refractivity contribution >= 4 is 0 Å². The molecule has 0 atom stereocenters. The molecule has 0 radical (unpaired) electrons. The van der Waals surface area contributed by atoms with E-state index in [0.29, 0.717) is 0 Å². The number of rotatable bonds is 4. The fourth-order valence-corrected chi connectivity index (χ4v) is 2.00. The zero-order valence-corrected chi connectivity index (χ0v) is 12.1. The van der Waals surface area contributed by atoms with E-state index in [0.717, 1.165) is 18.9 Å². The molecule has 0 aliphatic carbocycles. The van der Waals surface area contributed by atoms with E-state index >= 15 is 0 Å². The third-order valence-corrected chi connectivity index (χ3v) is 3.18. The lowest BCUT2D eigenvalue weighted by molar-refractivity contribution is 0.588. The van der Waals surface area contributed by atoms with Crippen LogP contribution in [0.2, 0.25) is 0 Å². The molecule has 0 aliphatic rings. The molecule has 0 aliphatic heterocycles. The topological polar surface area (TPSA) is 42.7 Å². The molecular weight excluding hydrogens is 236 g/mol. The van der Waals surface area contributed by atoms with Crippen LogP contribution in [-0.4, -0.2) is 21.8 Å². The highest BCUT2D eigenvalue weighted by Crippen LogP contribution is 2.22. The van der Waals surface area contributed by atoms with Crippen LogP contribution in [0.1, 0.15) is 37.7 Å². The van der Waals surface area contributed by atoms with Crippen molar-refractivity contribution in [2.45, 2.75) is 39.3 Å². The van der Waals surface area contributed by atoms with Crippen LogP contribution in [0.5, 0.6) is 0 Å². The Balaban J connectivity index is 2.13. The zero-order chi connectivity index (χ0) is 13.9. The molecule has 0 saturated carbocycles. The lowest BCUT2D eigenvalue weighted by Crippen LogP contribution is -2.14. The summed E-state index contributed by atoms with van der Waals surface area (Å²) in [5.74, 6) is 0.961. The van der Waals surface area contributed by atoms with Gasteiger partial charge in [-0.05, 0) is 23.6 Å². The molecule has 1 N–H and O–H groups in total. The van der Waals surface area contributed by atoms with Gasteiger partial charge in [0.1, 0.15) is 12.2 Å². The molecule has 0 unspecified atom stereocenters. The van der Waals surface area contributed by atoms with Crippen LogP contribution in [0.25, 0.3) is 0 Å². The van der Waals surface area contributed by atoms with Crippen molar-refractivity contribution in [2.75, 3.05) is 7.05 Å². The van der Waals surface area contributed by atoms with Gasteiger partial charge in [-0.3, -0.25) is 0 Å². The van der Waals surface area contributed by atoms with Gasteiger partial charge in [-0.15, -0.1) is 0 Å². The van der Waals surface area contributed by atoms with Crippen LogP contribution in [0, 0.1) is 0 Å². The minimum Gasteiger partial charge on any atom is -0.313 e. The summed E-state index contributed by atoms with van der Waals surface area (Å²) in [4.78, 5) is 4.25. The summed E-state index contributed by atoms with van der Waals surface area (Å²) in [6, 6.07) is 8.74. The molecule has 2 rings (SSSR count). The highest BCUT2D eigenvalue weighted by Gasteiger charge is 2.13. The van der Waals surface area contributed by atoms with Crippen LogP contribution in [0.4, 0.5) is 0 Å². The van der Waals surface area contributed by atoms with Crippen molar-refractivity contribution in [2.24, 2.45) is 0 Å². The summed E-state index contributed by atoms with van der Waals surface area (Å²) in [7, 11) is 1.91. The molecule has 0 amide bonds. The van der Waals surface area contributed by atoms with Gasteiger partial charge in [-0.25, -0.2) is 9.67 Å². The van der Waals surface area contributed by atoms with Crippen molar-refractivity contribution in [1.82, 2.24) is 20.1 Å². The molecule has 1 heterocycles. The number of aromatic nitrogens is 3. The Kier molecular flexibility index (Phi) is 4.00. The Bertz CT molecular complexity index is 520. The van der Waals surface area contributed by atoms with Crippen LogP contribution < -0.4 is 5.32 Å². The molecule has 0 spiro atoms. The first-order valence-electron chi connectivity index (χ1n) is 6.61. The van der Waals surface area contributed by atoms with Crippen molar-refractivity contribution in [3.8, 4) is 0 Å². The second-order valence-electron chi connectivity index (χ2n) is 5.81. The fraction of sp³-hybridized carbons (Fsp3) is 0.467. The van der Waals surface area contributed by atoms with Gasteiger partial charge >= 0.3 is 0 Å². The van der Waals surface area contributed by atoms with Gasteiger partial charge in [0.25, 0.3) is 0 Å². The van der Waals surface area contributed by atoms with E-state index in [1.165, 1.54) is 11.1 Å². The quantitative estimate of drug-likeness (QED) is 0.915. The first-order chi connectivity index (χ1) is 9.00. The summed E-state index contributed by atoms with van der Waals surface area (Å²) >= 11 is 0. The van der Waals surface area contributed by atoms with Crippen molar-refractivity contribution < 1.29 is 0 Å². The van der Waals surface area contributed by atoms with E-state index in [-0.39, 0.29) is 5.41 Å².